The van der Waals surface area contributed by atoms with Crippen LogP contribution in [0, 0.1) is 0 Å². The van der Waals surface area contributed by atoms with Crippen LogP contribution in [-0.4, -0.2) is 47.1 Å². The number of hydroxylamine groups is 1. The maximum Gasteiger partial charge on any atom is 0.169 e. The fraction of sp³-hybridized carbons (Fsp3) is 0.385. The average Bonchev–Trinajstić information content (AvgIpc) is 2.53. The molecule has 1 aliphatic rings. The third-order valence-corrected chi connectivity index (χ3v) is 2.92. The lowest BCUT2D eigenvalue weighted by atomic mass is 10.0. The van der Waals surface area contributed by atoms with Crippen LogP contribution >= 0.6 is 0 Å². The number of hydrogen-bond donors (Lipinski definition) is 4. The monoisotopic (exact) mass is 278 g/mol. The summed E-state index contributed by atoms with van der Waals surface area (Å²) in [7, 11) is 0. The van der Waals surface area contributed by atoms with Gasteiger partial charge in [-0.2, -0.15) is 5.10 Å². The first kappa shape index (κ1) is 14.4. The topological polar surface area (TPSA) is 98.5 Å². The molecule has 108 valence electrons. The van der Waals surface area contributed by atoms with Crippen LogP contribution in [0.2, 0.25) is 0 Å². The van der Waals surface area contributed by atoms with E-state index in [1.165, 1.54) is 0 Å². The number of para-hydroxylation sites is 1. The zero-order chi connectivity index (χ0) is 14.4. The minimum atomic E-state index is -1.02. The Morgan fingerprint density at radius 1 is 1.40 bits per heavy atom. The van der Waals surface area contributed by atoms with Gasteiger partial charge in [0.05, 0.1) is 18.9 Å². The van der Waals surface area contributed by atoms with Gasteiger partial charge in [0.1, 0.15) is 17.9 Å². The van der Waals surface area contributed by atoms with E-state index < -0.39 is 5.54 Å². The minimum Gasteiger partial charge on any atom is -0.394 e. The third-order valence-electron chi connectivity index (χ3n) is 2.92. The van der Waals surface area contributed by atoms with Crippen LogP contribution in [0.5, 0.6) is 0 Å². The Labute approximate surface area is 116 Å². The third kappa shape index (κ3) is 3.32. The van der Waals surface area contributed by atoms with Gasteiger partial charge in [0.25, 0.3) is 0 Å². The van der Waals surface area contributed by atoms with Crippen molar-refractivity contribution in [2.75, 3.05) is 25.2 Å². The van der Waals surface area contributed by atoms with E-state index in [9.17, 15) is 10.2 Å². The molecule has 0 bridgehead atoms. The molecule has 1 aromatic carbocycles. The van der Waals surface area contributed by atoms with E-state index >= 15 is 0 Å². The maximum absolute atomic E-state index is 9.32. The lowest BCUT2D eigenvalue weighted by Crippen LogP contribution is -2.50. The molecule has 0 radical (unpaired) electrons. The molecule has 0 spiro atoms. The average molecular weight is 278 g/mol. The van der Waals surface area contributed by atoms with Gasteiger partial charge in [0.15, 0.2) is 5.84 Å². The molecule has 0 saturated carbocycles. The molecule has 4 N–H and O–H groups in total. The predicted molar refractivity (Wildman–Crippen MR) is 76.6 cm³/mol. The highest BCUT2D eigenvalue weighted by molar-refractivity contribution is 6.40. The quantitative estimate of drug-likeness (QED) is 0.453. The van der Waals surface area contributed by atoms with E-state index in [1.807, 2.05) is 30.3 Å². The number of nitrogens with zero attached hydrogens (tertiary/aromatic N) is 2. The van der Waals surface area contributed by atoms with Gasteiger partial charge < -0.3 is 10.2 Å². The maximum atomic E-state index is 9.32. The molecule has 1 aromatic rings. The Kier molecular flexibility index (Phi) is 4.67. The molecule has 20 heavy (non-hydrogen) atoms. The number of amidine groups is 1. The van der Waals surface area contributed by atoms with Gasteiger partial charge in [-0.25, -0.2) is 5.48 Å². The van der Waals surface area contributed by atoms with Gasteiger partial charge in [-0.05, 0) is 19.1 Å². The zero-order valence-electron chi connectivity index (χ0n) is 11.2. The highest BCUT2D eigenvalue weighted by Crippen LogP contribution is 2.14. The summed E-state index contributed by atoms with van der Waals surface area (Å²) in [6.45, 7) is 1.25. The molecular formula is C13H18N4O3. The van der Waals surface area contributed by atoms with Crippen molar-refractivity contribution in [2.24, 2.45) is 10.1 Å². The number of aliphatic hydroxyl groups is 2. The van der Waals surface area contributed by atoms with Crippen molar-refractivity contribution in [3.8, 4) is 0 Å². The molecule has 0 atom stereocenters. The van der Waals surface area contributed by atoms with Crippen LogP contribution in [0.1, 0.15) is 6.92 Å². The van der Waals surface area contributed by atoms with Gasteiger partial charge in [-0.1, -0.05) is 18.2 Å². The van der Waals surface area contributed by atoms with Gasteiger partial charge in [0, 0.05) is 0 Å². The highest BCUT2D eigenvalue weighted by atomic mass is 16.6. The lowest BCUT2D eigenvalue weighted by Gasteiger charge is -2.30. The largest absolute Gasteiger partial charge is 0.394 e. The number of hydrazone groups is 1. The smallest absolute Gasteiger partial charge is 0.169 e. The van der Waals surface area contributed by atoms with E-state index in [-0.39, 0.29) is 19.8 Å². The SMILES string of the molecule is C/C(=N/Nc1ccccc1)C1=NC(CO)(CO)CON1. The van der Waals surface area contributed by atoms with E-state index in [0.717, 1.165) is 5.69 Å². The van der Waals surface area contributed by atoms with Crippen molar-refractivity contribution in [1.29, 1.82) is 0 Å². The minimum absolute atomic E-state index is 0.100. The highest BCUT2D eigenvalue weighted by Gasteiger charge is 2.33. The van der Waals surface area contributed by atoms with Crippen LogP contribution in [0.3, 0.4) is 0 Å². The Morgan fingerprint density at radius 3 is 2.75 bits per heavy atom. The summed E-state index contributed by atoms with van der Waals surface area (Å²) in [5, 5.41) is 22.8. The fourth-order valence-electron chi connectivity index (χ4n) is 1.61. The van der Waals surface area contributed by atoms with Crippen molar-refractivity contribution in [1.82, 2.24) is 5.48 Å². The molecule has 0 saturated heterocycles. The number of benzene rings is 1. The fourth-order valence-corrected chi connectivity index (χ4v) is 1.61. The van der Waals surface area contributed by atoms with E-state index in [0.29, 0.717) is 11.5 Å². The summed E-state index contributed by atoms with van der Waals surface area (Å²) >= 11 is 0. The molecule has 0 aromatic heterocycles. The number of anilines is 1. The van der Waals surface area contributed by atoms with Gasteiger partial charge in [0.2, 0.25) is 0 Å². The second-order valence-corrected chi connectivity index (χ2v) is 4.57. The van der Waals surface area contributed by atoms with Crippen molar-refractivity contribution in [2.45, 2.75) is 12.5 Å². The number of nitrogens with one attached hydrogen (secondary N) is 2. The Morgan fingerprint density at radius 2 is 2.10 bits per heavy atom. The molecule has 7 heteroatoms. The number of aliphatic imine (C=N–C) groups is 1. The summed E-state index contributed by atoms with van der Waals surface area (Å²) in [6.07, 6.45) is 0. The first-order valence-corrected chi connectivity index (χ1v) is 6.24. The molecule has 0 fully saturated rings. The number of hydrogen-bond acceptors (Lipinski definition) is 7. The molecule has 0 unspecified atom stereocenters. The van der Waals surface area contributed by atoms with Crippen LogP contribution in [0.4, 0.5) is 5.69 Å². The summed E-state index contributed by atoms with van der Waals surface area (Å²) in [4.78, 5) is 9.42. The number of rotatable bonds is 5. The van der Waals surface area contributed by atoms with Crippen LogP contribution in [0.25, 0.3) is 0 Å². The zero-order valence-corrected chi connectivity index (χ0v) is 11.2. The van der Waals surface area contributed by atoms with Gasteiger partial charge in [-0.15, -0.1) is 0 Å². The Bertz CT molecular complexity index is 498. The second kappa shape index (κ2) is 6.47. The molecule has 7 nitrogen and oxygen atoms in total. The van der Waals surface area contributed by atoms with Crippen LogP contribution < -0.4 is 10.9 Å². The van der Waals surface area contributed by atoms with Crippen molar-refractivity contribution in [3.05, 3.63) is 30.3 Å². The standard InChI is InChI=1S/C13H18N4O3/c1-10(15-16-11-5-3-2-4-6-11)12-14-13(7-18,8-19)9-20-17-12/h2-6,16,18-19H,7-9H2,1H3,(H,14,17)/b15-10-. The molecule has 1 aliphatic heterocycles. The van der Waals surface area contributed by atoms with Crippen LogP contribution in [0.15, 0.2) is 40.4 Å². The number of aliphatic hydroxyl groups excluding tert-OH is 2. The molecule has 1 heterocycles. The van der Waals surface area contributed by atoms with E-state index in [4.69, 9.17) is 4.84 Å². The van der Waals surface area contributed by atoms with Gasteiger partial charge >= 0.3 is 0 Å². The molecule has 0 aliphatic carbocycles. The van der Waals surface area contributed by atoms with E-state index in [1.54, 1.807) is 6.92 Å². The van der Waals surface area contributed by atoms with Gasteiger partial charge in [-0.3, -0.25) is 15.3 Å². The molecular weight excluding hydrogens is 260 g/mol. The van der Waals surface area contributed by atoms with E-state index in [2.05, 4.69) is 21.0 Å². The molecule has 0 amide bonds. The summed E-state index contributed by atoms with van der Waals surface area (Å²) < 4.78 is 0. The summed E-state index contributed by atoms with van der Waals surface area (Å²) in [6, 6.07) is 9.48. The predicted octanol–water partition coefficient (Wildman–Crippen LogP) is 0.131. The summed E-state index contributed by atoms with van der Waals surface area (Å²) in [5.41, 5.74) is 5.91. The second-order valence-electron chi connectivity index (χ2n) is 4.57. The lowest BCUT2D eigenvalue weighted by molar-refractivity contribution is -0.0120. The first-order chi connectivity index (χ1) is 9.69. The Balaban J connectivity index is 2.11. The summed E-state index contributed by atoms with van der Waals surface area (Å²) in [5.74, 6) is 0.378. The normalized spacial score (nSPS) is 18.1. The van der Waals surface area contributed by atoms with Crippen molar-refractivity contribution >= 4 is 17.2 Å². The molecule has 2 rings (SSSR count). The van der Waals surface area contributed by atoms with Crippen molar-refractivity contribution < 1.29 is 15.1 Å². The van der Waals surface area contributed by atoms with Crippen LogP contribution in [-0.2, 0) is 4.84 Å². The Hall–Kier alpha value is -1.96. The first-order valence-electron chi connectivity index (χ1n) is 6.24. The van der Waals surface area contributed by atoms with Crippen molar-refractivity contribution in [3.63, 3.8) is 0 Å².